The highest BCUT2D eigenvalue weighted by atomic mass is 32.2. The molecule has 1 unspecified atom stereocenters. The summed E-state index contributed by atoms with van der Waals surface area (Å²) in [4.78, 5) is 12.9. The second kappa shape index (κ2) is 7.24. The standard InChI is InChI=1S/C21H18N4O5S/c1-31(27,28)15-5-2-4-14(12-15)24-11-9-18(26)20(23-24)16-8-10-22-25(16)17-6-3-7-19-21(17)30-13-29-19/h2-5,7-12,17H,6,13H2,1H3. The number of benzene rings is 1. The lowest BCUT2D eigenvalue weighted by Crippen LogP contribution is -2.20. The van der Waals surface area contributed by atoms with Crippen molar-refractivity contribution < 1.29 is 17.9 Å². The van der Waals surface area contributed by atoms with Crippen molar-refractivity contribution in [2.45, 2.75) is 17.4 Å². The van der Waals surface area contributed by atoms with Crippen LogP contribution in [-0.4, -0.2) is 41.0 Å². The van der Waals surface area contributed by atoms with Crippen molar-refractivity contribution in [3.05, 3.63) is 82.7 Å². The molecule has 0 saturated carbocycles. The highest BCUT2D eigenvalue weighted by Gasteiger charge is 2.31. The largest absolute Gasteiger partial charge is 0.456 e. The predicted octanol–water partition coefficient (Wildman–Crippen LogP) is 2.22. The Kier molecular flexibility index (Phi) is 4.51. The molecule has 3 heterocycles. The Morgan fingerprint density at radius 3 is 2.87 bits per heavy atom. The van der Waals surface area contributed by atoms with Gasteiger partial charge in [-0.3, -0.25) is 9.48 Å². The lowest BCUT2D eigenvalue weighted by Gasteiger charge is -2.21. The summed E-state index contributed by atoms with van der Waals surface area (Å²) >= 11 is 0. The van der Waals surface area contributed by atoms with E-state index in [1.54, 1.807) is 29.1 Å². The number of rotatable bonds is 4. The van der Waals surface area contributed by atoms with Crippen LogP contribution in [0.4, 0.5) is 0 Å². The fourth-order valence-electron chi connectivity index (χ4n) is 3.65. The summed E-state index contributed by atoms with van der Waals surface area (Å²) in [6.07, 6.45) is 8.72. The Bertz CT molecular complexity index is 1400. The summed E-state index contributed by atoms with van der Waals surface area (Å²) in [6.45, 7) is 0.148. The average Bonchev–Trinajstić information content (AvgIpc) is 3.43. The third kappa shape index (κ3) is 3.44. The van der Waals surface area contributed by atoms with Crippen molar-refractivity contribution >= 4 is 9.84 Å². The molecule has 0 spiro atoms. The van der Waals surface area contributed by atoms with Crippen molar-refractivity contribution in [3.63, 3.8) is 0 Å². The van der Waals surface area contributed by atoms with E-state index in [2.05, 4.69) is 10.2 Å². The van der Waals surface area contributed by atoms with E-state index in [0.717, 1.165) is 6.26 Å². The number of ether oxygens (including phenoxy) is 2. The molecule has 9 nitrogen and oxygen atoms in total. The number of allylic oxidation sites excluding steroid dienone is 3. The number of hydrogen-bond donors (Lipinski definition) is 0. The number of nitrogens with zero attached hydrogens (tertiary/aromatic N) is 4. The Morgan fingerprint density at radius 2 is 2.03 bits per heavy atom. The first-order valence-electron chi connectivity index (χ1n) is 9.52. The highest BCUT2D eigenvalue weighted by Crippen LogP contribution is 2.36. The summed E-state index contributed by atoms with van der Waals surface area (Å²) in [5, 5.41) is 8.90. The maximum absolute atomic E-state index is 12.7. The van der Waals surface area contributed by atoms with E-state index in [0.29, 0.717) is 29.3 Å². The quantitative estimate of drug-likeness (QED) is 0.615. The first kappa shape index (κ1) is 19.3. The van der Waals surface area contributed by atoms with Gasteiger partial charge in [0.2, 0.25) is 12.2 Å². The maximum atomic E-state index is 12.7. The minimum absolute atomic E-state index is 0.148. The van der Waals surface area contributed by atoms with Crippen LogP contribution in [0.2, 0.25) is 0 Å². The summed E-state index contributed by atoms with van der Waals surface area (Å²) < 4.78 is 38.1. The van der Waals surface area contributed by atoms with E-state index in [1.807, 2.05) is 12.2 Å². The fraction of sp³-hybridized carbons (Fsp3) is 0.190. The van der Waals surface area contributed by atoms with Crippen molar-refractivity contribution in [2.75, 3.05) is 13.0 Å². The Morgan fingerprint density at radius 1 is 1.16 bits per heavy atom. The van der Waals surface area contributed by atoms with Gasteiger partial charge in [-0.2, -0.15) is 10.2 Å². The van der Waals surface area contributed by atoms with Crippen molar-refractivity contribution in [2.24, 2.45) is 0 Å². The summed E-state index contributed by atoms with van der Waals surface area (Å²) in [6, 6.07) is 9.25. The van der Waals surface area contributed by atoms with Crippen LogP contribution in [0.3, 0.4) is 0 Å². The fourth-order valence-corrected chi connectivity index (χ4v) is 4.31. The van der Waals surface area contributed by atoms with Crippen LogP contribution >= 0.6 is 0 Å². The normalized spacial score (nSPS) is 17.9. The number of sulfone groups is 1. The van der Waals surface area contributed by atoms with Crippen LogP contribution in [-0.2, 0) is 19.3 Å². The molecule has 1 atom stereocenters. The van der Waals surface area contributed by atoms with E-state index in [1.165, 1.54) is 29.1 Å². The predicted molar refractivity (Wildman–Crippen MR) is 111 cm³/mol. The zero-order chi connectivity index (χ0) is 21.6. The molecular weight excluding hydrogens is 420 g/mol. The molecular formula is C21H18N4O5S. The molecule has 0 bridgehead atoms. The monoisotopic (exact) mass is 438 g/mol. The molecule has 0 radical (unpaired) electrons. The first-order valence-corrected chi connectivity index (χ1v) is 11.4. The second-order valence-corrected chi connectivity index (χ2v) is 9.21. The van der Waals surface area contributed by atoms with Gasteiger partial charge in [-0.25, -0.2) is 13.1 Å². The molecule has 0 fully saturated rings. The summed E-state index contributed by atoms with van der Waals surface area (Å²) in [5.41, 5.74) is 0.969. The molecule has 1 aliphatic carbocycles. The maximum Gasteiger partial charge on any atom is 0.230 e. The van der Waals surface area contributed by atoms with E-state index in [4.69, 9.17) is 9.47 Å². The molecule has 158 valence electrons. The van der Waals surface area contributed by atoms with Gasteiger partial charge in [-0.05, 0) is 36.8 Å². The summed E-state index contributed by atoms with van der Waals surface area (Å²) in [7, 11) is -3.38. The molecule has 0 N–H and O–H groups in total. The number of aromatic nitrogens is 4. The van der Waals surface area contributed by atoms with Gasteiger partial charge in [0.1, 0.15) is 6.04 Å². The molecule has 1 aliphatic heterocycles. The third-order valence-corrected chi connectivity index (χ3v) is 6.24. The first-order chi connectivity index (χ1) is 14.9. The van der Waals surface area contributed by atoms with Gasteiger partial charge in [-0.1, -0.05) is 12.1 Å². The van der Waals surface area contributed by atoms with Crippen LogP contribution in [0.1, 0.15) is 12.5 Å². The van der Waals surface area contributed by atoms with E-state index < -0.39 is 9.84 Å². The van der Waals surface area contributed by atoms with Crippen molar-refractivity contribution in [1.82, 2.24) is 19.6 Å². The van der Waals surface area contributed by atoms with E-state index in [-0.39, 0.29) is 28.9 Å². The van der Waals surface area contributed by atoms with Crippen LogP contribution in [0, 0.1) is 0 Å². The average molecular weight is 438 g/mol. The molecule has 10 heteroatoms. The molecule has 31 heavy (non-hydrogen) atoms. The van der Waals surface area contributed by atoms with Crippen LogP contribution < -0.4 is 5.43 Å². The van der Waals surface area contributed by atoms with Crippen molar-refractivity contribution in [3.8, 4) is 17.1 Å². The lowest BCUT2D eigenvalue weighted by molar-refractivity contribution is 0.0666. The molecule has 0 amide bonds. The Balaban J connectivity index is 1.59. The van der Waals surface area contributed by atoms with Gasteiger partial charge in [0.05, 0.1) is 16.3 Å². The van der Waals surface area contributed by atoms with Crippen LogP contribution in [0.5, 0.6) is 0 Å². The Hall–Kier alpha value is -3.66. The molecule has 0 saturated heterocycles. The van der Waals surface area contributed by atoms with Gasteiger partial charge < -0.3 is 9.47 Å². The van der Waals surface area contributed by atoms with Crippen LogP contribution in [0.15, 0.2) is 82.2 Å². The van der Waals surface area contributed by atoms with Gasteiger partial charge in [0.15, 0.2) is 27.0 Å². The van der Waals surface area contributed by atoms with Gasteiger partial charge in [-0.15, -0.1) is 0 Å². The minimum atomic E-state index is -3.38. The van der Waals surface area contributed by atoms with Crippen LogP contribution in [0.25, 0.3) is 17.1 Å². The SMILES string of the molecule is CS(=O)(=O)c1cccc(-n2ccc(=O)c(-c3ccnn3C3CC=CC4=C3OCO4)n2)c1. The molecule has 5 rings (SSSR count). The van der Waals surface area contributed by atoms with Gasteiger partial charge >= 0.3 is 0 Å². The minimum Gasteiger partial charge on any atom is -0.456 e. The second-order valence-electron chi connectivity index (χ2n) is 7.19. The number of hydrogen-bond acceptors (Lipinski definition) is 7. The highest BCUT2D eigenvalue weighted by molar-refractivity contribution is 7.90. The van der Waals surface area contributed by atoms with Gasteiger partial charge in [0, 0.05) is 24.7 Å². The molecule has 2 aliphatic rings. The third-order valence-electron chi connectivity index (χ3n) is 5.13. The zero-order valence-electron chi connectivity index (χ0n) is 16.5. The Labute approximate surface area is 177 Å². The molecule has 2 aromatic heterocycles. The van der Waals surface area contributed by atoms with Crippen molar-refractivity contribution in [1.29, 1.82) is 0 Å². The van der Waals surface area contributed by atoms with E-state index >= 15 is 0 Å². The topological polar surface area (TPSA) is 105 Å². The lowest BCUT2D eigenvalue weighted by atomic mass is 10.1. The molecule has 1 aromatic carbocycles. The van der Waals surface area contributed by atoms with E-state index in [9.17, 15) is 13.2 Å². The molecule has 3 aromatic rings. The van der Waals surface area contributed by atoms with Gasteiger partial charge in [0.25, 0.3) is 0 Å². The smallest absolute Gasteiger partial charge is 0.230 e. The zero-order valence-corrected chi connectivity index (χ0v) is 17.3. The summed E-state index contributed by atoms with van der Waals surface area (Å²) in [5.74, 6) is 1.33.